The average Bonchev–Trinajstić information content (AvgIpc) is 2.54. The Morgan fingerprint density at radius 3 is 2.91 bits per heavy atom. The number of rotatable bonds is 5. The van der Waals surface area contributed by atoms with Gasteiger partial charge in [0.05, 0.1) is 0 Å². The predicted octanol–water partition coefficient (Wildman–Crippen LogP) is 2.90. The standard InChI is InChI=1S/C18H24N4/c1-15-9-11-19-18(20-15)21-17-8-5-12-22(14-17)13-10-16-6-3-2-4-7-16/h2-4,6-7,9,11,17H,5,8,10,12-14H2,1H3,(H,19,20,21). The van der Waals surface area contributed by atoms with Gasteiger partial charge in [-0.2, -0.15) is 0 Å². The number of hydrogen-bond acceptors (Lipinski definition) is 4. The number of hydrogen-bond donors (Lipinski definition) is 1. The first-order valence-electron chi connectivity index (χ1n) is 8.12. The van der Waals surface area contributed by atoms with Crippen molar-refractivity contribution < 1.29 is 0 Å². The van der Waals surface area contributed by atoms with Gasteiger partial charge in [0.15, 0.2) is 0 Å². The van der Waals surface area contributed by atoms with E-state index in [1.54, 1.807) is 0 Å². The van der Waals surface area contributed by atoms with Gasteiger partial charge < -0.3 is 10.2 Å². The summed E-state index contributed by atoms with van der Waals surface area (Å²) in [6.07, 6.45) is 5.37. The van der Waals surface area contributed by atoms with Gasteiger partial charge in [0.1, 0.15) is 0 Å². The largest absolute Gasteiger partial charge is 0.350 e. The number of likely N-dealkylation sites (tertiary alicyclic amines) is 1. The summed E-state index contributed by atoms with van der Waals surface area (Å²) in [5.74, 6) is 0.759. The average molecular weight is 296 g/mol. The fraction of sp³-hybridized carbons (Fsp3) is 0.444. The summed E-state index contributed by atoms with van der Waals surface area (Å²) < 4.78 is 0. The van der Waals surface area contributed by atoms with Crippen LogP contribution in [0.1, 0.15) is 24.1 Å². The maximum Gasteiger partial charge on any atom is 0.223 e. The first-order chi connectivity index (χ1) is 10.8. The van der Waals surface area contributed by atoms with Crippen LogP contribution < -0.4 is 5.32 Å². The third-order valence-corrected chi connectivity index (χ3v) is 4.19. The molecule has 2 heterocycles. The molecule has 1 aromatic heterocycles. The van der Waals surface area contributed by atoms with E-state index in [0.717, 1.165) is 31.2 Å². The number of piperidine rings is 1. The van der Waals surface area contributed by atoms with Gasteiger partial charge >= 0.3 is 0 Å². The molecule has 1 saturated heterocycles. The van der Waals surface area contributed by atoms with Crippen LogP contribution in [0.2, 0.25) is 0 Å². The highest BCUT2D eigenvalue weighted by molar-refractivity contribution is 5.26. The second-order valence-corrected chi connectivity index (χ2v) is 6.04. The van der Waals surface area contributed by atoms with Crippen LogP contribution in [0, 0.1) is 6.92 Å². The minimum atomic E-state index is 0.450. The molecule has 1 aliphatic heterocycles. The van der Waals surface area contributed by atoms with Crippen molar-refractivity contribution in [3.8, 4) is 0 Å². The summed E-state index contributed by atoms with van der Waals surface area (Å²) >= 11 is 0. The summed E-state index contributed by atoms with van der Waals surface area (Å²) in [7, 11) is 0. The molecule has 1 fully saturated rings. The number of aromatic nitrogens is 2. The van der Waals surface area contributed by atoms with Crippen LogP contribution in [0.4, 0.5) is 5.95 Å². The fourth-order valence-corrected chi connectivity index (χ4v) is 3.01. The Labute approximate surface area is 132 Å². The van der Waals surface area contributed by atoms with Gasteiger partial charge in [-0.15, -0.1) is 0 Å². The molecule has 0 radical (unpaired) electrons. The molecule has 1 atom stereocenters. The summed E-state index contributed by atoms with van der Waals surface area (Å²) in [5, 5.41) is 3.49. The van der Waals surface area contributed by atoms with Gasteiger partial charge in [-0.3, -0.25) is 0 Å². The number of nitrogens with zero attached hydrogens (tertiary/aromatic N) is 3. The second-order valence-electron chi connectivity index (χ2n) is 6.04. The Bertz CT molecular complexity index is 585. The molecule has 1 N–H and O–H groups in total. The molecule has 1 unspecified atom stereocenters. The molecular formula is C18H24N4. The third-order valence-electron chi connectivity index (χ3n) is 4.19. The maximum absolute atomic E-state index is 4.45. The van der Waals surface area contributed by atoms with Crippen LogP contribution in [-0.2, 0) is 6.42 Å². The Kier molecular flexibility index (Phi) is 5.01. The summed E-state index contributed by atoms with van der Waals surface area (Å²) in [6.45, 7) is 5.39. The van der Waals surface area contributed by atoms with E-state index in [-0.39, 0.29) is 0 Å². The minimum Gasteiger partial charge on any atom is -0.350 e. The number of aryl methyl sites for hydroxylation is 1. The van der Waals surface area contributed by atoms with Crippen molar-refractivity contribution in [2.24, 2.45) is 0 Å². The van der Waals surface area contributed by atoms with Crippen LogP contribution in [0.15, 0.2) is 42.6 Å². The molecule has 3 rings (SSSR count). The topological polar surface area (TPSA) is 41.1 Å². The zero-order chi connectivity index (χ0) is 15.2. The summed E-state index contributed by atoms with van der Waals surface area (Å²) in [5.41, 5.74) is 2.42. The normalized spacial score (nSPS) is 19.0. The van der Waals surface area contributed by atoms with Crippen LogP contribution in [-0.4, -0.2) is 40.5 Å². The molecule has 0 bridgehead atoms. The first-order valence-corrected chi connectivity index (χ1v) is 8.12. The van der Waals surface area contributed by atoms with Gasteiger partial charge in [-0.05, 0) is 44.4 Å². The van der Waals surface area contributed by atoms with Crippen molar-refractivity contribution in [3.05, 3.63) is 53.9 Å². The second kappa shape index (κ2) is 7.36. The number of anilines is 1. The molecule has 2 aromatic rings. The van der Waals surface area contributed by atoms with Crippen molar-refractivity contribution in [2.45, 2.75) is 32.2 Å². The lowest BCUT2D eigenvalue weighted by Crippen LogP contribution is -2.43. The van der Waals surface area contributed by atoms with Crippen LogP contribution in [0.3, 0.4) is 0 Å². The maximum atomic E-state index is 4.45. The zero-order valence-corrected chi connectivity index (χ0v) is 13.2. The molecule has 0 saturated carbocycles. The smallest absolute Gasteiger partial charge is 0.223 e. The SMILES string of the molecule is Cc1ccnc(NC2CCCN(CCc3ccccc3)C2)n1. The van der Waals surface area contributed by atoms with E-state index in [4.69, 9.17) is 0 Å². The molecule has 0 spiro atoms. The monoisotopic (exact) mass is 296 g/mol. The van der Waals surface area contributed by atoms with Gasteiger partial charge in [-0.25, -0.2) is 9.97 Å². The van der Waals surface area contributed by atoms with E-state index >= 15 is 0 Å². The van der Waals surface area contributed by atoms with Gasteiger partial charge in [0, 0.05) is 31.0 Å². The van der Waals surface area contributed by atoms with E-state index in [2.05, 4.69) is 50.5 Å². The van der Waals surface area contributed by atoms with E-state index in [9.17, 15) is 0 Å². The van der Waals surface area contributed by atoms with E-state index in [1.165, 1.54) is 24.9 Å². The Morgan fingerprint density at radius 1 is 1.23 bits per heavy atom. The Balaban J connectivity index is 1.51. The molecule has 116 valence electrons. The van der Waals surface area contributed by atoms with E-state index < -0.39 is 0 Å². The highest BCUT2D eigenvalue weighted by Crippen LogP contribution is 2.14. The summed E-state index contributed by atoms with van der Waals surface area (Å²) in [6, 6.07) is 13.1. The molecule has 1 aromatic carbocycles. The van der Waals surface area contributed by atoms with E-state index in [0.29, 0.717) is 6.04 Å². The lowest BCUT2D eigenvalue weighted by Gasteiger charge is -2.33. The molecule has 4 heteroatoms. The third kappa shape index (κ3) is 4.28. The summed E-state index contributed by atoms with van der Waals surface area (Å²) in [4.78, 5) is 11.3. The van der Waals surface area contributed by atoms with Crippen LogP contribution in [0.25, 0.3) is 0 Å². The van der Waals surface area contributed by atoms with Gasteiger partial charge in [0.25, 0.3) is 0 Å². The number of nitrogens with one attached hydrogen (secondary N) is 1. The lowest BCUT2D eigenvalue weighted by atomic mass is 10.0. The van der Waals surface area contributed by atoms with E-state index in [1.807, 2.05) is 19.2 Å². The molecule has 22 heavy (non-hydrogen) atoms. The Hall–Kier alpha value is -1.94. The molecular weight excluding hydrogens is 272 g/mol. The van der Waals surface area contributed by atoms with Crippen molar-refractivity contribution >= 4 is 5.95 Å². The fourth-order valence-electron chi connectivity index (χ4n) is 3.01. The molecule has 0 amide bonds. The van der Waals surface area contributed by atoms with Crippen LogP contribution in [0.5, 0.6) is 0 Å². The van der Waals surface area contributed by atoms with Crippen molar-refractivity contribution in [1.29, 1.82) is 0 Å². The highest BCUT2D eigenvalue weighted by atomic mass is 15.2. The van der Waals surface area contributed by atoms with Crippen molar-refractivity contribution in [1.82, 2.24) is 14.9 Å². The van der Waals surface area contributed by atoms with Gasteiger partial charge in [-0.1, -0.05) is 30.3 Å². The molecule has 4 nitrogen and oxygen atoms in total. The minimum absolute atomic E-state index is 0.450. The molecule has 1 aliphatic rings. The first kappa shape index (κ1) is 15.0. The van der Waals surface area contributed by atoms with Crippen LogP contribution >= 0.6 is 0 Å². The quantitative estimate of drug-likeness (QED) is 0.921. The van der Waals surface area contributed by atoms with Crippen molar-refractivity contribution in [2.75, 3.05) is 25.0 Å². The lowest BCUT2D eigenvalue weighted by molar-refractivity contribution is 0.218. The zero-order valence-electron chi connectivity index (χ0n) is 13.2. The number of benzene rings is 1. The Morgan fingerprint density at radius 2 is 2.09 bits per heavy atom. The predicted molar refractivity (Wildman–Crippen MR) is 90.0 cm³/mol. The van der Waals surface area contributed by atoms with Gasteiger partial charge in [0.2, 0.25) is 5.95 Å². The highest BCUT2D eigenvalue weighted by Gasteiger charge is 2.20. The molecule has 0 aliphatic carbocycles. The van der Waals surface area contributed by atoms with Crippen molar-refractivity contribution in [3.63, 3.8) is 0 Å².